The molecular formula is C21H22N2O4. The van der Waals surface area contributed by atoms with E-state index in [4.69, 9.17) is 0 Å². The van der Waals surface area contributed by atoms with Crippen molar-refractivity contribution in [2.24, 2.45) is 0 Å². The van der Waals surface area contributed by atoms with Crippen molar-refractivity contribution in [3.05, 3.63) is 64.7 Å². The monoisotopic (exact) mass is 366 g/mol. The molecule has 1 aliphatic rings. The molecule has 6 nitrogen and oxygen atoms in total. The van der Waals surface area contributed by atoms with Gasteiger partial charge in [0.05, 0.1) is 5.56 Å². The Hall–Kier alpha value is -3.15. The van der Waals surface area contributed by atoms with Gasteiger partial charge in [0.1, 0.15) is 5.75 Å². The van der Waals surface area contributed by atoms with Gasteiger partial charge in [-0.25, -0.2) is 0 Å². The number of hydrogen-bond donors (Lipinski definition) is 3. The number of rotatable bonds is 5. The molecule has 0 heterocycles. The van der Waals surface area contributed by atoms with Gasteiger partial charge in [-0.1, -0.05) is 24.3 Å². The van der Waals surface area contributed by atoms with E-state index in [1.807, 2.05) is 18.2 Å². The van der Waals surface area contributed by atoms with E-state index < -0.39 is 11.8 Å². The average molecular weight is 366 g/mol. The minimum atomic E-state index is -0.623. The Labute approximate surface area is 157 Å². The zero-order valence-corrected chi connectivity index (χ0v) is 15.0. The van der Waals surface area contributed by atoms with Gasteiger partial charge in [-0.2, -0.15) is 0 Å². The summed E-state index contributed by atoms with van der Waals surface area (Å²) in [6.45, 7) is 0. The molecule has 2 aromatic carbocycles. The number of aryl methyl sites for hydroxylation is 2. The van der Waals surface area contributed by atoms with E-state index in [0.717, 1.165) is 19.3 Å². The Morgan fingerprint density at radius 3 is 2.41 bits per heavy atom. The smallest absolute Gasteiger partial charge is 0.273 e. The normalized spacial score (nSPS) is 12.7. The number of phenolic OH excluding ortho intramolecular Hbond substituents is 1. The van der Waals surface area contributed by atoms with Crippen LogP contribution in [0, 0.1) is 0 Å². The fourth-order valence-corrected chi connectivity index (χ4v) is 3.20. The largest absolute Gasteiger partial charge is 0.507 e. The van der Waals surface area contributed by atoms with Gasteiger partial charge in [-0.3, -0.25) is 25.2 Å². The van der Waals surface area contributed by atoms with Crippen molar-refractivity contribution >= 4 is 17.6 Å². The highest BCUT2D eigenvalue weighted by Gasteiger charge is 2.15. The highest BCUT2D eigenvalue weighted by Crippen LogP contribution is 2.23. The highest BCUT2D eigenvalue weighted by atomic mass is 16.3. The fourth-order valence-electron chi connectivity index (χ4n) is 3.20. The van der Waals surface area contributed by atoms with Crippen LogP contribution in [0.25, 0.3) is 0 Å². The van der Waals surface area contributed by atoms with Gasteiger partial charge in [-0.15, -0.1) is 0 Å². The summed E-state index contributed by atoms with van der Waals surface area (Å²) in [5.74, 6) is -1.36. The van der Waals surface area contributed by atoms with Crippen LogP contribution in [0.2, 0.25) is 0 Å². The number of para-hydroxylation sites is 1. The Morgan fingerprint density at radius 1 is 0.889 bits per heavy atom. The molecule has 27 heavy (non-hydrogen) atoms. The predicted molar refractivity (Wildman–Crippen MR) is 100 cm³/mol. The Kier molecular flexibility index (Phi) is 5.86. The first-order valence-electron chi connectivity index (χ1n) is 9.07. The second-order valence-corrected chi connectivity index (χ2v) is 6.63. The fraction of sp³-hybridized carbons (Fsp3) is 0.286. The molecule has 2 amide bonds. The summed E-state index contributed by atoms with van der Waals surface area (Å²) < 4.78 is 0. The lowest BCUT2D eigenvalue weighted by atomic mass is 9.89. The van der Waals surface area contributed by atoms with Crippen LogP contribution in [0.15, 0.2) is 42.5 Å². The van der Waals surface area contributed by atoms with Gasteiger partial charge in [0.2, 0.25) is 5.91 Å². The van der Waals surface area contributed by atoms with E-state index >= 15 is 0 Å². The van der Waals surface area contributed by atoms with Gasteiger partial charge >= 0.3 is 0 Å². The number of Topliss-reactive ketones (excluding diaryl/α,β-unsaturated/α-hetero) is 1. The first kappa shape index (κ1) is 18.6. The molecule has 6 heteroatoms. The first-order chi connectivity index (χ1) is 13.0. The van der Waals surface area contributed by atoms with Crippen LogP contribution in [-0.2, 0) is 17.6 Å². The molecule has 0 unspecified atom stereocenters. The van der Waals surface area contributed by atoms with Crippen LogP contribution in [-0.4, -0.2) is 22.7 Å². The van der Waals surface area contributed by atoms with Crippen molar-refractivity contribution < 1.29 is 19.5 Å². The SMILES string of the molecule is O=C(CCC(=O)c1ccc2c(c1)CCCC2)NNC(=O)c1ccccc1O. The van der Waals surface area contributed by atoms with Crippen LogP contribution in [0.3, 0.4) is 0 Å². The molecule has 0 fully saturated rings. The number of amides is 2. The molecule has 2 aromatic rings. The summed E-state index contributed by atoms with van der Waals surface area (Å²) in [4.78, 5) is 36.1. The number of carbonyl (C=O) groups is 3. The second kappa shape index (κ2) is 8.49. The van der Waals surface area contributed by atoms with E-state index in [2.05, 4.69) is 10.9 Å². The van der Waals surface area contributed by atoms with E-state index in [-0.39, 0.29) is 29.9 Å². The molecular weight excluding hydrogens is 344 g/mol. The van der Waals surface area contributed by atoms with Crippen molar-refractivity contribution in [1.82, 2.24) is 10.9 Å². The zero-order chi connectivity index (χ0) is 19.2. The van der Waals surface area contributed by atoms with E-state index in [0.29, 0.717) is 5.56 Å². The Balaban J connectivity index is 1.48. The molecule has 0 spiro atoms. The van der Waals surface area contributed by atoms with Crippen molar-refractivity contribution in [2.45, 2.75) is 38.5 Å². The summed E-state index contributed by atoms with van der Waals surface area (Å²) in [6.07, 6.45) is 4.42. The van der Waals surface area contributed by atoms with Gasteiger partial charge in [-0.05, 0) is 55.0 Å². The summed E-state index contributed by atoms with van der Waals surface area (Å²) >= 11 is 0. The minimum absolute atomic E-state index is 0.0308. The van der Waals surface area contributed by atoms with Gasteiger partial charge in [0.15, 0.2) is 5.78 Å². The number of carbonyl (C=O) groups excluding carboxylic acids is 3. The third kappa shape index (κ3) is 4.73. The average Bonchev–Trinajstić information content (AvgIpc) is 2.70. The van der Waals surface area contributed by atoms with Gasteiger partial charge in [0, 0.05) is 18.4 Å². The van der Waals surface area contributed by atoms with Crippen molar-refractivity contribution in [2.75, 3.05) is 0 Å². The lowest BCUT2D eigenvalue weighted by molar-refractivity contribution is -0.121. The van der Waals surface area contributed by atoms with Crippen LogP contribution in [0.5, 0.6) is 5.75 Å². The number of fused-ring (bicyclic) bond motifs is 1. The topological polar surface area (TPSA) is 95.5 Å². The molecule has 0 saturated carbocycles. The lowest BCUT2D eigenvalue weighted by Crippen LogP contribution is -2.41. The Morgan fingerprint density at radius 2 is 1.63 bits per heavy atom. The molecule has 3 rings (SSSR count). The molecule has 0 saturated heterocycles. The molecule has 140 valence electrons. The van der Waals surface area contributed by atoms with E-state index in [1.165, 1.54) is 29.7 Å². The number of benzene rings is 2. The maximum absolute atomic E-state index is 12.3. The van der Waals surface area contributed by atoms with Crippen molar-refractivity contribution in [1.29, 1.82) is 0 Å². The number of ketones is 1. The summed E-state index contributed by atoms with van der Waals surface area (Å²) in [5.41, 5.74) is 7.72. The van der Waals surface area contributed by atoms with Gasteiger partial charge < -0.3 is 5.11 Å². The van der Waals surface area contributed by atoms with Crippen LogP contribution in [0.4, 0.5) is 0 Å². The summed E-state index contributed by atoms with van der Waals surface area (Å²) in [6, 6.07) is 11.8. The maximum atomic E-state index is 12.3. The van der Waals surface area contributed by atoms with Crippen LogP contribution in [0.1, 0.15) is 57.5 Å². The standard InChI is InChI=1S/C21H22N2O4/c24-18(16-10-9-14-5-1-2-6-15(14)13-16)11-12-20(26)22-23-21(27)17-7-3-4-8-19(17)25/h3-4,7-10,13,25H,1-2,5-6,11-12H2,(H,22,26)(H,23,27). The second-order valence-electron chi connectivity index (χ2n) is 6.63. The highest BCUT2D eigenvalue weighted by molar-refractivity contribution is 5.99. The Bertz CT molecular complexity index is 876. The summed E-state index contributed by atoms with van der Waals surface area (Å²) in [7, 11) is 0. The quantitative estimate of drug-likeness (QED) is 0.560. The molecule has 0 aromatic heterocycles. The van der Waals surface area contributed by atoms with Crippen LogP contribution < -0.4 is 10.9 Å². The maximum Gasteiger partial charge on any atom is 0.273 e. The first-order valence-corrected chi connectivity index (χ1v) is 9.07. The number of hydrogen-bond acceptors (Lipinski definition) is 4. The molecule has 0 aliphatic heterocycles. The molecule has 0 atom stereocenters. The molecule has 0 bridgehead atoms. The predicted octanol–water partition coefficient (Wildman–Crippen LogP) is 2.70. The molecule has 0 radical (unpaired) electrons. The third-order valence-electron chi connectivity index (χ3n) is 4.71. The molecule has 1 aliphatic carbocycles. The number of aromatic hydroxyl groups is 1. The third-order valence-corrected chi connectivity index (χ3v) is 4.71. The lowest BCUT2D eigenvalue weighted by Gasteiger charge is -2.16. The minimum Gasteiger partial charge on any atom is -0.507 e. The van der Waals surface area contributed by atoms with Crippen molar-refractivity contribution in [3.63, 3.8) is 0 Å². The summed E-state index contributed by atoms with van der Waals surface area (Å²) in [5, 5.41) is 9.61. The van der Waals surface area contributed by atoms with Crippen molar-refractivity contribution in [3.8, 4) is 5.75 Å². The molecule has 3 N–H and O–H groups in total. The van der Waals surface area contributed by atoms with Gasteiger partial charge in [0.25, 0.3) is 5.91 Å². The van der Waals surface area contributed by atoms with E-state index in [9.17, 15) is 19.5 Å². The number of nitrogens with one attached hydrogen (secondary N) is 2. The number of phenols is 1. The van der Waals surface area contributed by atoms with Crippen LogP contribution >= 0.6 is 0 Å². The van der Waals surface area contributed by atoms with E-state index in [1.54, 1.807) is 12.1 Å². The number of hydrazine groups is 1. The zero-order valence-electron chi connectivity index (χ0n) is 15.0.